The number of carboxylic acids is 1. The minimum atomic E-state index is -1.16. The van der Waals surface area contributed by atoms with Crippen molar-refractivity contribution < 1.29 is 9.90 Å². The Bertz CT molecular complexity index is 683. The van der Waals surface area contributed by atoms with Gasteiger partial charge in [0.1, 0.15) is 0 Å². The maximum Gasteiger partial charge on any atom is 0.358 e. The number of aromatic nitrogens is 5. The van der Waals surface area contributed by atoms with E-state index in [2.05, 4.69) is 15.3 Å². The molecule has 0 saturated carbocycles. The van der Waals surface area contributed by atoms with Gasteiger partial charge >= 0.3 is 11.7 Å². The second-order valence-corrected chi connectivity index (χ2v) is 3.48. The molecule has 18 heavy (non-hydrogen) atoms. The molecule has 2 aromatic rings. The van der Waals surface area contributed by atoms with Gasteiger partial charge in [0.15, 0.2) is 5.69 Å². The molecule has 0 spiro atoms. The van der Waals surface area contributed by atoms with E-state index in [9.17, 15) is 14.4 Å². The number of H-pyrrole nitrogens is 1. The molecular formula is C9H9N5O4. The van der Waals surface area contributed by atoms with Crippen molar-refractivity contribution in [2.24, 2.45) is 0 Å². The first-order valence-corrected chi connectivity index (χ1v) is 4.99. The van der Waals surface area contributed by atoms with Gasteiger partial charge in [0, 0.05) is 18.8 Å². The Kier molecular flexibility index (Phi) is 3.04. The number of aromatic carboxylic acids is 1. The summed E-state index contributed by atoms with van der Waals surface area (Å²) in [5, 5.41) is 15.7. The molecule has 0 aliphatic carbocycles. The van der Waals surface area contributed by atoms with Crippen LogP contribution in [0.1, 0.15) is 10.5 Å². The number of nitrogens with zero attached hydrogens (tertiary/aromatic N) is 4. The molecular weight excluding hydrogens is 242 g/mol. The van der Waals surface area contributed by atoms with Crippen LogP contribution in [0.4, 0.5) is 0 Å². The fourth-order valence-electron chi connectivity index (χ4n) is 1.34. The van der Waals surface area contributed by atoms with Gasteiger partial charge < -0.3 is 5.11 Å². The van der Waals surface area contributed by atoms with Crippen LogP contribution in [-0.4, -0.2) is 35.6 Å². The molecule has 0 unspecified atom stereocenters. The molecule has 0 bridgehead atoms. The van der Waals surface area contributed by atoms with E-state index >= 15 is 0 Å². The maximum atomic E-state index is 11.3. The lowest BCUT2D eigenvalue weighted by Gasteiger charge is -2.03. The largest absolute Gasteiger partial charge is 0.476 e. The molecule has 2 aromatic heterocycles. The van der Waals surface area contributed by atoms with E-state index < -0.39 is 17.2 Å². The van der Waals surface area contributed by atoms with Gasteiger partial charge in [0.2, 0.25) is 0 Å². The van der Waals surface area contributed by atoms with Crippen molar-refractivity contribution in [3.05, 3.63) is 45.0 Å². The van der Waals surface area contributed by atoms with E-state index in [1.807, 2.05) is 0 Å². The number of carbonyl (C=O) groups is 1. The smallest absolute Gasteiger partial charge is 0.358 e. The minimum Gasteiger partial charge on any atom is -0.476 e. The van der Waals surface area contributed by atoms with Crippen LogP contribution in [0.15, 0.2) is 28.0 Å². The van der Waals surface area contributed by atoms with Gasteiger partial charge in [-0.05, 0) is 0 Å². The van der Waals surface area contributed by atoms with Crippen LogP contribution in [0.25, 0.3) is 0 Å². The van der Waals surface area contributed by atoms with Crippen molar-refractivity contribution >= 4 is 5.97 Å². The van der Waals surface area contributed by atoms with E-state index in [1.165, 1.54) is 27.7 Å². The molecule has 0 aromatic carbocycles. The minimum absolute atomic E-state index is 0.163. The fourth-order valence-corrected chi connectivity index (χ4v) is 1.34. The summed E-state index contributed by atoms with van der Waals surface area (Å²) >= 11 is 0. The highest BCUT2D eigenvalue weighted by Gasteiger charge is 2.07. The van der Waals surface area contributed by atoms with Crippen molar-refractivity contribution in [1.29, 1.82) is 0 Å². The summed E-state index contributed by atoms with van der Waals surface area (Å²) in [5.41, 5.74) is -1.16. The van der Waals surface area contributed by atoms with E-state index in [1.54, 1.807) is 0 Å². The average Bonchev–Trinajstić information content (AvgIpc) is 2.76. The Hall–Kier alpha value is -2.71. The first kappa shape index (κ1) is 11.8. The van der Waals surface area contributed by atoms with Crippen LogP contribution in [-0.2, 0) is 13.1 Å². The van der Waals surface area contributed by atoms with Gasteiger partial charge in [-0.25, -0.2) is 14.3 Å². The molecule has 0 amide bonds. The number of carboxylic acid groups (broad SMARTS) is 1. The number of rotatable bonds is 4. The van der Waals surface area contributed by atoms with E-state index in [0.717, 1.165) is 0 Å². The van der Waals surface area contributed by atoms with E-state index in [4.69, 9.17) is 5.11 Å². The van der Waals surface area contributed by atoms with Crippen LogP contribution < -0.4 is 11.2 Å². The number of aromatic amines is 1. The number of nitrogens with one attached hydrogen (secondary N) is 1. The van der Waals surface area contributed by atoms with Crippen LogP contribution in [0.5, 0.6) is 0 Å². The standard InChI is InChI=1S/C9H9N5O4/c15-7-1-2-13(9(18)10-7)3-4-14-5-6(8(16)17)11-12-14/h1-2,5H,3-4H2,(H,16,17)(H,10,15,18). The van der Waals surface area contributed by atoms with Gasteiger partial charge in [-0.15, -0.1) is 5.10 Å². The third kappa shape index (κ3) is 2.51. The van der Waals surface area contributed by atoms with Crippen molar-refractivity contribution in [2.45, 2.75) is 13.1 Å². The molecule has 2 N–H and O–H groups in total. The highest BCUT2D eigenvalue weighted by molar-refractivity contribution is 5.84. The Morgan fingerprint density at radius 1 is 1.39 bits per heavy atom. The highest BCUT2D eigenvalue weighted by atomic mass is 16.4. The summed E-state index contributed by atoms with van der Waals surface area (Å²) in [5.74, 6) is -1.16. The molecule has 0 atom stereocenters. The molecule has 0 fully saturated rings. The van der Waals surface area contributed by atoms with Crippen molar-refractivity contribution in [1.82, 2.24) is 24.5 Å². The lowest BCUT2D eigenvalue weighted by Crippen LogP contribution is -2.29. The molecule has 9 nitrogen and oxygen atoms in total. The zero-order chi connectivity index (χ0) is 13.1. The molecule has 0 saturated heterocycles. The van der Waals surface area contributed by atoms with E-state index in [0.29, 0.717) is 0 Å². The molecule has 94 valence electrons. The van der Waals surface area contributed by atoms with Crippen molar-refractivity contribution in [3.8, 4) is 0 Å². The highest BCUT2D eigenvalue weighted by Crippen LogP contribution is 1.93. The van der Waals surface area contributed by atoms with Crippen LogP contribution in [0.3, 0.4) is 0 Å². The lowest BCUT2D eigenvalue weighted by atomic mass is 10.5. The normalized spacial score (nSPS) is 10.4. The Labute approximate surface area is 99.3 Å². The van der Waals surface area contributed by atoms with Crippen molar-refractivity contribution in [3.63, 3.8) is 0 Å². The Morgan fingerprint density at radius 2 is 2.17 bits per heavy atom. The first-order chi connectivity index (χ1) is 8.56. The number of hydrogen-bond donors (Lipinski definition) is 2. The Balaban J connectivity index is 2.09. The maximum absolute atomic E-state index is 11.3. The van der Waals surface area contributed by atoms with Gasteiger partial charge in [-0.3, -0.25) is 14.3 Å². The topological polar surface area (TPSA) is 123 Å². The number of hydrogen-bond acceptors (Lipinski definition) is 5. The zero-order valence-electron chi connectivity index (χ0n) is 9.11. The molecule has 0 aliphatic heterocycles. The van der Waals surface area contributed by atoms with Gasteiger partial charge in [-0.2, -0.15) is 0 Å². The number of aryl methyl sites for hydroxylation is 2. The predicted octanol–water partition coefficient (Wildman–Crippen LogP) is -1.47. The van der Waals surface area contributed by atoms with Crippen LogP contribution in [0, 0.1) is 0 Å². The van der Waals surface area contributed by atoms with E-state index in [-0.39, 0.29) is 18.8 Å². The molecule has 2 rings (SSSR count). The summed E-state index contributed by atoms with van der Waals surface area (Å²) in [6.07, 6.45) is 2.62. The average molecular weight is 251 g/mol. The monoisotopic (exact) mass is 251 g/mol. The van der Waals surface area contributed by atoms with Crippen molar-refractivity contribution in [2.75, 3.05) is 0 Å². The zero-order valence-corrected chi connectivity index (χ0v) is 9.11. The molecule has 9 heteroatoms. The van der Waals surface area contributed by atoms with Gasteiger partial charge in [0.25, 0.3) is 5.56 Å². The summed E-state index contributed by atoms with van der Waals surface area (Å²) in [4.78, 5) is 34.9. The quantitative estimate of drug-likeness (QED) is 0.683. The summed E-state index contributed by atoms with van der Waals surface area (Å²) in [6, 6.07) is 1.23. The van der Waals surface area contributed by atoms with Gasteiger partial charge in [0.05, 0.1) is 12.7 Å². The van der Waals surface area contributed by atoms with Crippen LogP contribution in [0.2, 0.25) is 0 Å². The predicted molar refractivity (Wildman–Crippen MR) is 58.3 cm³/mol. The summed E-state index contributed by atoms with van der Waals surface area (Å²) in [6.45, 7) is 0.518. The summed E-state index contributed by atoms with van der Waals surface area (Å²) < 4.78 is 2.59. The van der Waals surface area contributed by atoms with Crippen LogP contribution >= 0.6 is 0 Å². The third-order valence-electron chi connectivity index (χ3n) is 2.22. The SMILES string of the molecule is O=C(O)c1cn(CCn2ccc(=O)[nH]c2=O)nn1. The lowest BCUT2D eigenvalue weighted by molar-refractivity contribution is 0.0690. The first-order valence-electron chi connectivity index (χ1n) is 4.99. The Morgan fingerprint density at radius 3 is 2.78 bits per heavy atom. The molecule has 2 heterocycles. The molecule has 0 radical (unpaired) electrons. The fraction of sp³-hybridized carbons (Fsp3) is 0.222. The molecule has 0 aliphatic rings. The van der Waals surface area contributed by atoms with Gasteiger partial charge in [-0.1, -0.05) is 5.21 Å². The summed E-state index contributed by atoms with van der Waals surface area (Å²) in [7, 11) is 0. The third-order valence-corrected chi connectivity index (χ3v) is 2.22. The second-order valence-electron chi connectivity index (χ2n) is 3.48. The second kappa shape index (κ2) is 4.65.